The third-order valence-electron chi connectivity index (χ3n) is 2.62. The van der Waals surface area contributed by atoms with E-state index < -0.39 is 11.9 Å². The van der Waals surface area contributed by atoms with Gasteiger partial charge in [-0.2, -0.15) is 11.8 Å². The molecule has 1 aromatic heterocycles. The van der Waals surface area contributed by atoms with Crippen LogP contribution in [0.3, 0.4) is 0 Å². The van der Waals surface area contributed by atoms with Crippen molar-refractivity contribution in [3.63, 3.8) is 0 Å². The van der Waals surface area contributed by atoms with E-state index >= 15 is 0 Å². The SMILES string of the molecule is CCSCCCn1nnc(C(=O)OC)c1CC(=O)OC. The number of nitrogens with zero attached hydrogens (tertiary/aromatic N) is 3. The summed E-state index contributed by atoms with van der Waals surface area (Å²) in [6, 6.07) is 0. The van der Waals surface area contributed by atoms with Crippen LogP contribution >= 0.6 is 11.8 Å². The molecular weight excluding hydrogens is 282 g/mol. The molecule has 7 nitrogen and oxygen atoms in total. The van der Waals surface area contributed by atoms with Gasteiger partial charge in [0.25, 0.3) is 0 Å². The smallest absolute Gasteiger partial charge is 0.360 e. The number of aryl methyl sites for hydroxylation is 1. The van der Waals surface area contributed by atoms with Gasteiger partial charge in [-0.3, -0.25) is 4.79 Å². The summed E-state index contributed by atoms with van der Waals surface area (Å²) in [7, 11) is 2.56. The molecular formula is C12H19N3O4S. The highest BCUT2D eigenvalue weighted by atomic mass is 32.2. The van der Waals surface area contributed by atoms with Crippen molar-refractivity contribution >= 4 is 23.7 Å². The average molecular weight is 301 g/mol. The molecule has 0 spiro atoms. The van der Waals surface area contributed by atoms with Gasteiger partial charge in [-0.1, -0.05) is 12.1 Å². The molecule has 0 atom stereocenters. The fraction of sp³-hybridized carbons (Fsp3) is 0.667. The van der Waals surface area contributed by atoms with E-state index in [4.69, 9.17) is 0 Å². The van der Waals surface area contributed by atoms with Crippen LogP contribution in [0, 0.1) is 0 Å². The molecule has 1 rings (SSSR count). The lowest BCUT2D eigenvalue weighted by molar-refractivity contribution is -0.139. The van der Waals surface area contributed by atoms with E-state index in [0.29, 0.717) is 12.2 Å². The number of esters is 2. The van der Waals surface area contributed by atoms with Gasteiger partial charge in [-0.15, -0.1) is 5.10 Å². The maximum absolute atomic E-state index is 11.6. The van der Waals surface area contributed by atoms with Gasteiger partial charge in [0.1, 0.15) is 0 Å². The first-order valence-electron chi connectivity index (χ1n) is 6.29. The maximum Gasteiger partial charge on any atom is 0.360 e. The van der Waals surface area contributed by atoms with E-state index in [0.717, 1.165) is 17.9 Å². The molecule has 0 aliphatic heterocycles. The molecule has 0 aromatic carbocycles. The fourth-order valence-corrected chi connectivity index (χ4v) is 2.23. The van der Waals surface area contributed by atoms with Crippen molar-refractivity contribution in [2.75, 3.05) is 25.7 Å². The van der Waals surface area contributed by atoms with Crippen molar-refractivity contribution in [3.05, 3.63) is 11.4 Å². The van der Waals surface area contributed by atoms with Crippen LogP contribution < -0.4 is 0 Å². The summed E-state index contributed by atoms with van der Waals surface area (Å²) in [5.74, 6) is 1.00. The quantitative estimate of drug-likeness (QED) is 0.521. The first-order chi connectivity index (χ1) is 9.63. The number of rotatable bonds is 8. The van der Waals surface area contributed by atoms with Gasteiger partial charge in [0.15, 0.2) is 5.69 Å². The van der Waals surface area contributed by atoms with Crippen LogP contribution in [-0.2, 0) is 27.2 Å². The molecule has 0 saturated heterocycles. The Morgan fingerprint density at radius 3 is 2.65 bits per heavy atom. The molecule has 20 heavy (non-hydrogen) atoms. The Balaban J connectivity index is 2.84. The lowest BCUT2D eigenvalue weighted by Gasteiger charge is -2.06. The third kappa shape index (κ3) is 4.52. The Morgan fingerprint density at radius 2 is 2.05 bits per heavy atom. The Morgan fingerprint density at radius 1 is 1.30 bits per heavy atom. The number of aromatic nitrogens is 3. The highest BCUT2D eigenvalue weighted by Crippen LogP contribution is 2.11. The lowest BCUT2D eigenvalue weighted by atomic mass is 10.2. The molecule has 112 valence electrons. The maximum atomic E-state index is 11.6. The lowest BCUT2D eigenvalue weighted by Crippen LogP contribution is -2.15. The molecule has 0 fully saturated rings. The largest absolute Gasteiger partial charge is 0.469 e. The second-order valence-corrected chi connectivity index (χ2v) is 5.30. The number of carbonyl (C=O) groups excluding carboxylic acids is 2. The minimum atomic E-state index is -0.599. The number of hydrogen-bond acceptors (Lipinski definition) is 7. The van der Waals surface area contributed by atoms with Crippen LogP contribution in [0.1, 0.15) is 29.5 Å². The van der Waals surface area contributed by atoms with Crippen molar-refractivity contribution in [1.82, 2.24) is 15.0 Å². The van der Waals surface area contributed by atoms with Gasteiger partial charge in [0.05, 0.1) is 26.3 Å². The second kappa shape index (κ2) is 8.57. The number of methoxy groups -OCH3 is 2. The van der Waals surface area contributed by atoms with Crippen molar-refractivity contribution in [2.24, 2.45) is 0 Å². The Kier molecular flexibility index (Phi) is 7.06. The summed E-state index contributed by atoms with van der Waals surface area (Å²) in [4.78, 5) is 23.0. The van der Waals surface area contributed by atoms with Gasteiger partial charge in [0, 0.05) is 6.54 Å². The normalized spacial score (nSPS) is 10.3. The van der Waals surface area contributed by atoms with Crippen LogP contribution in [0.25, 0.3) is 0 Å². The van der Waals surface area contributed by atoms with E-state index in [1.165, 1.54) is 14.2 Å². The number of carbonyl (C=O) groups is 2. The first-order valence-corrected chi connectivity index (χ1v) is 7.44. The zero-order chi connectivity index (χ0) is 15.0. The highest BCUT2D eigenvalue weighted by molar-refractivity contribution is 7.99. The number of thioether (sulfide) groups is 1. The third-order valence-corrected chi connectivity index (χ3v) is 3.60. The van der Waals surface area contributed by atoms with Crippen molar-refractivity contribution in [2.45, 2.75) is 26.3 Å². The van der Waals surface area contributed by atoms with Crippen molar-refractivity contribution < 1.29 is 19.1 Å². The summed E-state index contributed by atoms with van der Waals surface area (Å²) in [6.45, 7) is 2.70. The number of hydrogen-bond donors (Lipinski definition) is 0. The molecule has 0 bridgehead atoms. The van der Waals surface area contributed by atoms with Gasteiger partial charge in [0.2, 0.25) is 0 Å². The predicted octanol–water partition coefficient (Wildman–Crippen LogP) is 0.923. The monoisotopic (exact) mass is 301 g/mol. The Hall–Kier alpha value is -1.57. The van der Waals surface area contributed by atoms with Crippen LogP contribution in [0.15, 0.2) is 0 Å². The van der Waals surface area contributed by atoms with E-state index in [-0.39, 0.29) is 12.1 Å². The predicted molar refractivity (Wildman–Crippen MR) is 74.7 cm³/mol. The van der Waals surface area contributed by atoms with Crippen molar-refractivity contribution in [1.29, 1.82) is 0 Å². The highest BCUT2D eigenvalue weighted by Gasteiger charge is 2.22. The van der Waals surface area contributed by atoms with E-state index in [9.17, 15) is 9.59 Å². The number of ether oxygens (including phenoxy) is 2. The first kappa shape index (κ1) is 16.5. The molecule has 0 radical (unpaired) electrons. The van der Waals surface area contributed by atoms with Crippen LogP contribution in [-0.4, -0.2) is 52.7 Å². The molecule has 1 aromatic rings. The standard InChI is InChI=1S/C12H19N3O4S/c1-4-20-7-5-6-15-9(8-10(16)18-2)11(13-14-15)12(17)19-3/h4-8H2,1-3H3. The molecule has 1 heterocycles. The Labute approximate surface area is 122 Å². The molecule has 0 saturated carbocycles. The van der Waals surface area contributed by atoms with Crippen LogP contribution in [0.4, 0.5) is 0 Å². The second-order valence-electron chi connectivity index (χ2n) is 3.90. The summed E-state index contributed by atoms with van der Waals surface area (Å²) in [5.41, 5.74) is 0.506. The average Bonchev–Trinajstić information content (AvgIpc) is 2.85. The Bertz CT molecular complexity index is 462. The topological polar surface area (TPSA) is 83.3 Å². The zero-order valence-corrected chi connectivity index (χ0v) is 12.7. The van der Waals surface area contributed by atoms with Gasteiger partial charge >= 0.3 is 11.9 Å². The molecule has 8 heteroatoms. The molecule has 0 aliphatic rings. The van der Waals surface area contributed by atoms with Gasteiger partial charge in [-0.05, 0) is 17.9 Å². The molecule has 0 aliphatic carbocycles. The minimum Gasteiger partial charge on any atom is -0.469 e. The molecule has 0 N–H and O–H groups in total. The van der Waals surface area contributed by atoms with Gasteiger partial charge in [-0.25, -0.2) is 9.48 Å². The molecule has 0 amide bonds. The van der Waals surface area contributed by atoms with Crippen LogP contribution in [0.2, 0.25) is 0 Å². The van der Waals surface area contributed by atoms with Crippen molar-refractivity contribution in [3.8, 4) is 0 Å². The minimum absolute atomic E-state index is 0.0468. The molecule has 0 unspecified atom stereocenters. The van der Waals surface area contributed by atoms with E-state index in [1.807, 2.05) is 11.8 Å². The summed E-state index contributed by atoms with van der Waals surface area (Å²) in [5, 5.41) is 7.72. The fourth-order valence-electron chi connectivity index (χ4n) is 1.61. The zero-order valence-electron chi connectivity index (χ0n) is 11.9. The van der Waals surface area contributed by atoms with Gasteiger partial charge < -0.3 is 9.47 Å². The summed E-state index contributed by atoms with van der Waals surface area (Å²) < 4.78 is 10.8. The summed E-state index contributed by atoms with van der Waals surface area (Å²) >= 11 is 1.82. The summed E-state index contributed by atoms with van der Waals surface area (Å²) in [6.07, 6.45) is 0.839. The van der Waals surface area contributed by atoms with Crippen LogP contribution in [0.5, 0.6) is 0 Å². The van der Waals surface area contributed by atoms with E-state index in [2.05, 4.69) is 26.7 Å². The van der Waals surface area contributed by atoms with E-state index in [1.54, 1.807) is 4.68 Å².